The second-order valence-electron chi connectivity index (χ2n) is 6.45. The van der Waals surface area contributed by atoms with Crippen LogP contribution in [0.4, 0.5) is 5.69 Å². The highest BCUT2D eigenvalue weighted by Crippen LogP contribution is 2.21. The Hall–Kier alpha value is -2.01. The van der Waals surface area contributed by atoms with E-state index in [1.807, 2.05) is 23.0 Å². The van der Waals surface area contributed by atoms with Gasteiger partial charge in [0.15, 0.2) is 0 Å². The summed E-state index contributed by atoms with van der Waals surface area (Å²) in [4.78, 5) is 2.56. The zero-order chi connectivity index (χ0) is 16.8. The molecule has 130 valence electrons. The molecule has 0 amide bonds. The number of hydrogen-bond acceptors (Lipinski definition) is 4. The van der Waals surface area contributed by atoms with Crippen LogP contribution < -0.4 is 10.1 Å². The summed E-state index contributed by atoms with van der Waals surface area (Å²) in [7, 11) is 1.71. The topological polar surface area (TPSA) is 42.3 Å². The molecule has 2 heterocycles. The lowest BCUT2D eigenvalue weighted by atomic mass is 10.0. The van der Waals surface area contributed by atoms with Crippen molar-refractivity contribution in [2.75, 3.05) is 32.1 Å². The lowest BCUT2D eigenvalue weighted by Crippen LogP contribution is -2.40. The Kier molecular flexibility index (Phi) is 5.75. The minimum Gasteiger partial charge on any atom is -0.497 e. The Morgan fingerprint density at radius 2 is 2.12 bits per heavy atom. The number of anilines is 1. The van der Waals surface area contributed by atoms with Gasteiger partial charge in [-0.3, -0.25) is 4.68 Å². The predicted octanol–water partition coefficient (Wildman–Crippen LogP) is 3.03. The summed E-state index contributed by atoms with van der Waals surface area (Å²) in [5.74, 6) is 0.907. The third kappa shape index (κ3) is 4.51. The Bertz CT molecular complexity index is 632. The Morgan fingerprint density at radius 1 is 1.29 bits per heavy atom. The molecule has 0 saturated carbocycles. The first-order valence-corrected chi connectivity index (χ1v) is 8.91. The number of aryl methyl sites for hydroxylation is 1. The summed E-state index contributed by atoms with van der Waals surface area (Å²) in [6.45, 7) is 6.51. The molecule has 2 aromatic rings. The highest BCUT2D eigenvalue weighted by Gasteiger charge is 2.19. The molecule has 1 fully saturated rings. The number of methoxy groups -OCH3 is 1. The SMILES string of the molecule is CCn1cc(CCN2CCC(Nc3cccc(OC)c3)CC2)cn1. The van der Waals surface area contributed by atoms with Gasteiger partial charge in [-0.15, -0.1) is 0 Å². The van der Waals surface area contributed by atoms with Crippen molar-refractivity contribution in [1.29, 1.82) is 0 Å². The van der Waals surface area contributed by atoms with Crippen LogP contribution in [0.3, 0.4) is 0 Å². The predicted molar refractivity (Wildman–Crippen MR) is 97.7 cm³/mol. The molecular formula is C19H28N4O. The molecule has 0 atom stereocenters. The van der Waals surface area contributed by atoms with Crippen LogP contribution in [-0.4, -0.2) is 47.5 Å². The van der Waals surface area contributed by atoms with Gasteiger partial charge >= 0.3 is 0 Å². The van der Waals surface area contributed by atoms with Gasteiger partial charge < -0.3 is 15.0 Å². The minimum atomic E-state index is 0.552. The van der Waals surface area contributed by atoms with E-state index in [0.717, 1.165) is 44.0 Å². The zero-order valence-corrected chi connectivity index (χ0v) is 14.7. The van der Waals surface area contributed by atoms with Crippen molar-refractivity contribution >= 4 is 5.69 Å². The normalized spacial score (nSPS) is 16.2. The van der Waals surface area contributed by atoms with Gasteiger partial charge in [-0.05, 0) is 43.9 Å². The average molecular weight is 328 g/mol. The van der Waals surface area contributed by atoms with E-state index in [9.17, 15) is 0 Å². The maximum Gasteiger partial charge on any atom is 0.120 e. The largest absolute Gasteiger partial charge is 0.497 e. The molecule has 0 bridgehead atoms. The molecule has 1 aliphatic rings. The molecule has 1 aliphatic heterocycles. The van der Waals surface area contributed by atoms with E-state index < -0.39 is 0 Å². The number of nitrogens with one attached hydrogen (secondary N) is 1. The van der Waals surface area contributed by atoms with Crippen LogP contribution in [0.2, 0.25) is 0 Å². The fourth-order valence-electron chi connectivity index (χ4n) is 3.25. The molecule has 1 saturated heterocycles. The molecule has 0 aliphatic carbocycles. The molecule has 1 N–H and O–H groups in total. The van der Waals surface area contributed by atoms with E-state index in [4.69, 9.17) is 4.74 Å². The first-order chi connectivity index (χ1) is 11.8. The molecule has 0 radical (unpaired) electrons. The summed E-state index contributed by atoms with van der Waals surface area (Å²) >= 11 is 0. The third-order valence-corrected chi connectivity index (χ3v) is 4.76. The summed E-state index contributed by atoms with van der Waals surface area (Å²) in [5, 5.41) is 7.99. The van der Waals surface area contributed by atoms with Gasteiger partial charge in [-0.2, -0.15) is 5.10 Å². The standard InChI is InChI=1S/C19H28N4O/c1-3-23-15-16(14-20-23)7-10-22-11-8-17(9-12-22)21-18-5-4-6-19(13-18)24-2/h4-6,13-15,17,21H,3,7-12H2,1-2H3. The van der Waals surface area contributed by atoms with Crippen LogP contribution in [0, 0.1) is 0 Å². The second-order valence-corrected chi connectivity index (χ2v) is 6.45. The van der Waals surface area contributed by atoms with Gasteiger partial charge in [0.25, 0.3) is 0 Å². The van der Waals surface area contributed by atoms with Crippen LogP contribution in [0.5, 0.6) is 5.75 Å². The molecular weight excluding hydrogens is 300 g/mol. The number of piperidine rings is 1. The fourth-order valence-corrected chi connectivity index (χ4v) is 3.25. The average Bonchev–Trinajstić information content (AvgIpc) is 3.09. The van der Waals surface area contributed by atoms with Gasteiger partial charge in [-0.25, -0.2) is 0 Å². The Morgan fingerprint density at radius 3 is 2.83 bits per heavy atom. The third-order valence-electron chi connectivity index (χ3n) is 4.76. The highest BCUT2D eigenvalue weighted by molar-refractivity contribution is 5.48. The van der Waals surface area contributed by atoms with E-state index in [2.05, 4.69) is 40.6 Å². The summed E-state index contributed by atoms with van der Waals surface area (Å²) in [5.41, 5.74) is 2.49. The van der Waals surface area contributed by atoms with Crippen LogP contribution in [0.15, 0.2) is 36.7 Å². The van der Waals surface area contributed by atoms with Gasteiger partial charge in [0.2, 0.25) is 0 Å². The van der Waals surface area contributed by atoms with Crippen molar-refractivity contribution in [2.24, 2.45) is 0 Å². The van der Waals surface area contributed by atoms with Gasteiger partial charge in [0.05, 0.1) is 13.3 Å². The molecule has 5 heteroatoms. The van der Waals surface area contributed by atoms with E-state index in [1.165, 1.54) is 18.4 Å². The molecule has 24 heavy (non-hydrogen) atoms. The van der Waals surface area contributed by atoms with Crippen molar-refractivity contribution in [3.05, 3.63) is 42.2 Å². The van der Waals surface area contributed by atoms with E-state index in [1.54, 1.807) is 7.11 Å². The summed E-state index contributed by atoms with van der Waals surface area (Å²) in [6, 6.07) is 8.75. The van der Waals surface area contributed by atoms with Crippen LogP contribution in [0.25, 0.3) is 0 Å². The monoisotopic (exact) mass is 328 g/mol. The first kappa shape index (κ1) is 16.8. The van der Waals surface area contributed by atoms with Crippen LogP contribution in [0.1, 0.15) is 25.3 Å². The lowest BCUT2D eigenvalue weighted by Gasteiger charge is -2.32. The zero-order valence-electron chi connectivity index (χ0n) is 14.7. The molecule has 5 nitrogen and oxygen atoms in total. The number of benzene rings is 1. The van der Waals surface area contributed by atoms with Gasteiger partial charge in [0, 0.05) is 50.2 Å². The van der Waals surface area contributed by atoms with Crippen molar-refractivity contribution in [1.82, 2.24) is 14.7 Å². The van der Waals surface area contributed by atoms with Crippen molar-refractivity contribution in [3.8, 4) is 5.75 Å². The van der Waals surface area contributed by atoms with Crippen LogP contribution >= 0.6 is 0 Å². The maximum absolute atomic E-state index is 5.29. The Balaban J connectivity index is 1.42. The number of nitrogens with zero attached hydrogens (tertiary/aromatic N) is 3. The highest BCUT2D eigenvalue weighted by atomic mass is 16.5. The molecule has 0 unspecified atom stereocenters. The lowest BCUT2D eigenvalue weighted by molar-refractivity contribution is 0.221. The smallest absolute Gasteiger partial charge is 0.120 e. The molecule has 0 spiro atoms. The van der Waals surface area contributed by atoms with E-state index in [-0.39, 0.29) is 0 Å². The number of likely N-dealkylation sites (tertiary alicyclic amines) is 1. The number of aromatic nitrogens is 2. The number of ether oxygens (including phenoxy) is 1. The van der Waals surface area contributed by atoms with Gasteiger partial charge in [0.1, 0.15) is 5.75 Å². The molecule has 3 rings (SSSR count). The van der Waals surface area contributed by atoms with Crippen LogP contribution in [-0.2, 0) is 13.0 Å². The molecule has 1 aromatic carbocycles. The van der Waals surface area contributed by atoms with E-state index >= 15 is 0 Å². The number of hydrogen-bond donors (Lipinski definition) is 1. The van der Waals surface area contributed by atoms with Crippen molar-refractivity contribution in [3.63, 3.8) is 0 Å². The quantitative estimate of drug-likeness (QED) is 0.848. The minimum absolute atomic E-state index is 0.552. The van der Waals surface area contributed by atoms with Gasteiger partial charge in [-0.1, -0.05) is 6.07 Å². The molecule has 1 aromatic heterocycles. The van der Waals surface area contributed by atoms with Crippen molar-refractivity contribution in [2.45, 2.75) is 38.8 Å². The fraction of sp³-hybridized carbons (Fsp3) is 0.526. The maximum atomic E-state index is 5.29. The van der Waals surface area contributed by atoms with E-state index in [0.29, 0.717) is 6.04 Å². The summed E-state index contributed by atoms with van der Waals surface area (Å²) in [6.07, 6.45) is 7.63. The Labute approximate surface area is 144 Å². The second kappa shape index (κ2) is 8.20. The van der Waals surface area contributed by atoms with Crippen molar-refractivity contribution < 1.29 is 4.74 Å². The summed E-state index contributed by atoms with van der Waals surface area (Å²) < 4.78 is 7.29. The first-order valence-electron chi connectivity index (χ1n) is 8.91. The number of rotatable bonds is 7.